The van der Waals surface area contributed by atoms with Gasteiger partial charge in [0.05, 0.1) is 0 Å². The van der Waals surface area contributed by atoms with Gasteiger partial charge in [0.25, 0.3) is 0 Å². The van der Waals surface area contributed by atoms with Crippen LogP contribution in [0.15, 0.2) is 29.3 Å². The van der Waals surface area contributed by atoms with Crippen molar-refractivity contribution in [3.8, 4) is 0 Å². The summed E-state index contributed by atoms with van der Waals surface area (Å²) in [6.45, 7) is 5.96. The monoisotopic (exact) mass is 417 g/mol. The molecule has 1 aliphatic rings. The Morgan fingerprint density at radius 1 is 1.41 bits per heavy atom. The van der Waals surface area contributed by atoms with Crippen LogP contribution in [-0.2, 0) is 4.74 Å². The summed E-state index contributed by atoms with van der Waals surface area (Å²) in [6.07, 6.45) is 3.54. The van der Waals surface area contributed by atoms with Crippen LogP contribution < -0.4 is 11.1 Å². The summed E-state index contributed by atoms with van der Waals surface area (Å²) < 4.78 is 5.16. The van der Waals surface area contributed by atoms with E-state index in [2.05, 4.69) is 36.3 Å². The van der Waals surface area contributed by atoms with Crippen molar-refractivity contribution in [2.75, 3.05) is 25.6 Å². The van der Waals surface area contributed by atoms with Gasteiger partial charge in [0, 0.05) is 25.9 Å². The van der Waals surface area contributed by atoms with Crippen LogP contribution in [0.25, 0.3) is 0 Å². The van der Waals surface area contributed by atoms with E-state index >= 15 is 0 Å². The molecule has 0 atom stereocenters. The van der Waals surface area contributed by atoms with Crippen molar-refractivity contribution in [2.45, 2.75) is 39.0 Å². The maximum absolute atomic E-state index is 6.00. The van der Waals surface area contributed by atoms with E-state index in [1.807, 2.05) is 12.1 Å². The first-order valence-corrected chi connectivity index (χ1v) is 7.70. The van der Waals surface area contributed by atoms with Gasteiger partial charge in [0.2, 0.25) is 0 Å². The summed E-state index contributed by atoms with van der Waals surface area (Å²) in [6, 6.07) is 8.33. The fraction of sp³-hybridized carbons (Fsp3) is 0.588. The molecule has 2 rings (SSSR count). The van der Waals surface area contributed by atoms with Crippen LogP contribution >= 0.6 is 24.0 Å². The van der Waals surface area contributed by atoms with E-state index in [-0.39, 0.29) is 24.0 Å². The van der Waals surface area contributed by atoms with Gasteiger partial charge in [-0.3, -0.25) is 4.99 Å². The molecule has 3 N–H and O–H groups in total. The molecule has 0 aromatic heterocycles. The van der Waals surface area contributed by atoms with Crippen molar-refractivity contribution in [1.82, 2.24) is 0 Å². The summed E-state index contributed by atoms with van der Waals surface area (Å²) in [5.74, 6) is 1.01. The standard InChI is InChI=1S/C17H27N3O.HI/c1-13(2)14-5-4-6-15(11-14)20-16(18)19-12-17(7-8-17)9-10-21-3;/h4-6,11,13H,7-10,12H2,1-3H3,(H3,18,19,20);1H. The Hall–Kier alpha value is -0.820. The number of nitrogens with zero attached hydrogens (tertiary/aromatic N) is 1. The minimum atomic E-state index is 0. The summed E-state index contributed by atoms with van der Waals surface area (Å²) in [4.78, 5) is 4.51. The molecule has 1 fully saturated rings. The molecule has 0 aliphatic heterocycles. The van der Waals surface area contributed by atoms with Gasteiger partial charge in [0.1, 0.15) is 0 Å². The summed E-state index contributed by atoms with van der Waals surface area (Å²) in [7, 11) is 1.75. The van der Waals surface area contributed by atoms with E-state index < -0.39 is 0 Å². The van der Waals surface area contributed by atoms with Gasteiger partial charge in [-0.1, -0.05) is 26.0 Å². The summed E-state index contributed by atoms with van der Waals surface area (Å²) >= 11 is 0. The van der Waals surface area contributed by atoms with Crippen LogP contribution in [0.1, 0.15) is 44.6 Å². The predicted molar refractivity (Wildman–Crippen MR) is 104 cm³/mol. The second kappa shape index (κ2) is 8.72. The van der Waals surface area contributed by atoms with E-state index in [0.717, 1.165) is 25.3 Å². The number of nitrogens with one attached hydrogen (secondary N) is 1. The third-order valence-electron chi connectivity index (χ3n) is 4.20. The summed E-state index contributed by atoms with van der Waals surface area (Å²) in [5, 5.41) is 3.19. The lowest BCUT2D eigenvalue weighted by molar-refractivity contribution is 0.174. The van der Waals surface area contributed by atoms with Crippen LogP contribution in [0.5, 0.6) is 0 Å². The number of hydrogen-bond acceptors (Lipinski definition) is 2. The molecule has 124 valence electrons. The molecule has 0 unspecified atom stereocenters. The molecule has 1 aromatic rings. The molecule has 0 bridgehead atoms. The number of guanidine groups is 1. The topological polar surface area (TPSA) is 59.6 Å². The molecule has 5 heteroatoms. The number of hydrogen-bond donors (Lipinski definition) is 2. The molecular formula is C17H28IN3O. The molecule has 0 amide bonds. The highest BCUT2D eigenvalue weighted by molar-refractivity contribution is 14.0. The lowest BCUT2D eigenvalue weighted by atomic mass is 10.0. The number of halogens is 1. The molecule has 22 heavy (non-hydrogen) atoms. The number of anilines is 1. The Morgan fingerprint density at radius 2 is 2.14 bits per heavy atom. The minimum Gasteiger partial charge on any atom is -0.385 e. The number of aliphatic imine (C=N–C) groups is 1. The lowest BCUT2D eigenvalue weighted by Crippen LogP contribution is -2.24. The normalized spacial score (nSPS) is 16.3. The number of methoxy groups -OCH3 is 1. The van der Waals surface area contributed by atoms with E-state index in [4.69, 9.17) is 10.5 Å². The average molecular weight is 417 g/mol. The second-order valence-electron chi connectivity index (χ2n) is 6.35. The van der Waals surface area contributed by atoms with E-state index in [1.54, 1.807) is 7.11 Å². The molecule has 0 spiro atoms. The number of benzene rings is 1. The second-order valence-corrected chi connectivity index (χ2v) is 6.35. The zero-order valence-corrected chi connectivity index (χ0v) is 16.1. The fourth-order valence-corrected chi connectivity index (χ4v) is 2.40. The van der Waals surface area contributed by atoms with Crippen molar-refractivity contribution in [1.29, 1.82) is 0 Å². The smallest absolute Gasteiger partial charge is 0.193 e. The Morgan fingerprint density at radius 3 is 2.73 bits per heavy atom. The molecule has 1 aromatic carbocycles. The highest BCUT2D eigenvalue weighted by atomic mass is 127. The first-order chi connectivity index (χ1) is 10.0. The van der Waals surface area contributed by atoms with Gasteiger partial charge in [-0.15, -0.1) is 24.0 Å². The molecular weight excluding hydrogens is 389 g/mol. The van der Waals surface area contributed by atoms with Gasteiger partial charge >= 0.3 is 0 Å². The Kier molecular flexibility index (Phi) is 7.62. The molecule has 0 radical (unpaired) electrons. The SMILES string of the molecule is COCCC1(CN=C(N)Nc2cccc(C(C)C)c2)CC1.I. The molecule has 1 saturated carbocycles. The van der Waals surface area contributed by atoms with Gasteiger partial charge in [-0.25, -0.2) is 0 Å². The van der Waals surface area contributed by atoms with Crippen molar-refractivity contribution < 1.29 is 4.74 Å². The minimum absolute atomic E-state index is 0. The van der Waals surface area contributed by atoms with Crippen molar-refractivity contribution >= 4 is 35.6 Å². The summed E-state index contributed by atoms with van der Waals surface area (Å²) in [5.41, 5.74) is 8.64. The van der Waals surface area contributed by atoms with Gasteiger partial charge < -0.3 is 15.8 Å². The first-order valence-electron chi connectivity index (χ1n) is 7.70. The quantitative estimate of drug-likeness (QED) is 0.401. The zero-order valence-electron chi connectivity index (χ0n) is 13.8. The van der Waals surface area contributed by atoms with Crippen molar-refractivity contribution in [3.63, 3.8) is 0 Å². The van der Waals surface area contributed by atoms with Crippen LogP contribution in [0.2, 0.25) is 0 Å². The fourth-order valence-electron chi connectivity index (χ4n) is 2.40. The number of nitrogens with two attached hydrogens (primary N) is 1. The largest absolute Gasteiger partial charge is 0.385 e. The van der Waals surface area contributed by atoms with E-state index in [1.165, 1.54) is 18.4 Å². The highest BCUT2D eigenvalue weighted by Crippen LogP contribution is 2.48. The van der Waals surface area contributed by atoms with Crippen LogP contribution in [0, 0.1) is 5.41 Å². The average Bonchev–Trinajstić information content (AvgIpc) is 3.24. The lowest BCUT2D eigenvalue weighted by Gasteiger charge is -2.13. The number of ether oxygens (including phenoxy) is 1. The molecule has 4 nitrogen and oxygen atoms in total. The zero-order chi connectivity index (χ0) is 15.3. The predicted octanol–water partition coefficient (Wildman–Crippen LogP) is 3.97. The number of rotatable bonds is 7. The van der Waals surface area contributed by atoms with Crippen molar-refractivity contribution in [2.24, 2.45) is 16.1 Å². The Labute approximate surface area is 150 Å². The van der Waals surface area contributed by atoms with Gasteiger partial charge in [-0.05, 0) is 48.3 Å². The van der Waals surface area contributed by atoms with Gasteiger partial charge in [-0.2, -0.15) is 0 Å². The maximum Gasteiger partial charge on any atom is 0.193 e. The van der Waals surface area contributed by atoms with Crippen LogP contribution in [0.4, 0.5) is 5.69 Å². The van der Waals surface area contributed by atoms with E-state index in [9.17, 15) is 0 Å². The highest BCUT2D eigenvalue weighted by Gasteiger charge is 2.41. The molecule has 1 aliphatic carbocycles. The Bertz CT molecular complexity index is 498. The third kappa shape index (κ3) is 5.76. The first kappa shape index (κ1) is 19.2. The van der Waals surface area contributed by atoms with Gasteiger partial charge in [0.15, 0.2) is 5.96 Å². The van der Waals surface area contributed by atoms with Crippen LogP contribution in [0.3, 0.4) is 0 Å². The molecule has 0 heterocycles. The van der Waals surface area contributed by atoms with E-state index in [0.29, 0.717) is 17.3 Å². The Balaban J connectivity index is 0.00000242. The van der Waals surface area contributed by atoms with Crippen molar-refractivity contribution in [3.05, 3.63) is 29.8 Å². The third-order valence-corrected chi connectivity index (χ3v) is 4.20. The van der Waals surface area contributed by atoms with Crippen LogP contribution in [-0.4, -0.2) is 26.2 Å². The molecule has 0 saturated heterocycles. The maximum atomic E-state index is 6.00.